The van der Waals surface area contributed by atoms with Gasteiger partial charge in [-0.25, -0.2) is 0 Å². The minimum atomic E-state index is -0.666. The Hall–Kier alpha value is -0.630. The summed E-state index contributed by atoms with van der Waals surface area (Å²) in [4.78, 5) is 11.0. The van der Waals surface area contributed by atoms with Gasteiger partial charge < -0.3 is 9.84 Å². The van der Waals surface area contributed by atoms with Crippen LogP contribution in [0.15, 0.2) is 10.3 Å². The molecule has 1 N–H and O–H groups in total. The number of aliphatic hydroxyl groups is 1. The predicted octanol–water partition coefficient (Wildman–Crippen LogP) is 2.45. The zero-order chi connectivity index (χ0) is 12.1. The molecule has 90 valence electrons. The second-order valence-corrected chi connectivity index (χ2v) is 5.54. The lowest BCUT2D eigenvalue weighted by Gasteiger charge is -1.97. The van der Waals surface area contributed by atoms with Gasteiger partial charge in [0, 0.05) is 23.8 Å². The summed E-state index contributed by atoms with van der Waals surface area (Å²) in [5, 5.41) is 20.1. The highest BCUT2D eigenvalue weighted by atomic mass is 32.2. The molecule has 0 aromatic carbocycles. The van der Waals surface area contributed by atoms with Gasteiger partial charge in [0.1, 0.15) is 4.21 Å². The Labute approximate surface area is 102 Å². The van der Waals surface area contributed by atoms with Gasteiger partial charge in [0.15, 0.2) is 0 Å². The van der Waals surface area contributed by atoms with E-state index in [2.05, 4.69) is 0 Å². The molecule has 0 radical (unpaired) electrons. The third-order valence-corrected chi connectivity index (χ3v) is 4.36. The quantitative estimate of drug-likeness (QED) is 0.369. The molecule has 0 aliphatic carbocycles. The van der Waals surface area contributed by atoms with E-state index in [9.17, 15) is 15.2 Å². The van der Waals surface area contributed by atoms with Gasteiger partial charge in [-0.05, 0) is 6.92 Å². The van der Waals surface area contributed by atoms with Gasteiger partial charge in [-0.1, -0.05) is 0 Å². The molecule has 1 atom stereocenters. The summed E-state index contributed by atoms with van der Waals surface area (Å²) in [5.74, 6) is 0.664. The maximum atomic E-state index is 10.8. The number of hydrogen-bond acceptors (Lipinski definition) is 6. The minimum Gasteiger partial charge on any atom is -0.388 e. The predicted molar refractivity (Wildman–Crippen MR) is 64.2 cm³/mol. The van der Waals surface area contributed by atoms with Gasteiger partial charge in [0.2, 0.25) is 0 Å². The molecule has 1 heterocycles. The second-order valence-electron chi connectivity index (χ2n) is 3.10. The van der Waals surface area contributed by atoms with Crippen molar-refractivity contribution in [3.63, 3.8) is 0 Å². The van der Waals surface area contributed by atoms with E-state index in [-0.39, 0.29) is 5.69 Å². The SMILES string of the molecule is COCCSc1sc([C@@H](C)O)cc1[N+](=O)[O-]. The van der Waals surface area contributed by atoms with E-state index in [1.54, 1.807) is 14.0 Å². The summed E-state index contributed by atoms with van der Waals surface area (Å²) in [5.41, 5.74) is 0.0713. The molecule has 0 fully saturated rings. The lowest BCUT2D eigenvalue weighted by atomic mass is 10.3. The van der Waals surface area contributed by atoms with Crippen LogP contribution < -0.4 is 0 Å². The number of nitro groups is 1. The molecule has 0 bridgehead atoms. The number of hydrogen-bond donors (Lipinski definition) is 1. The molecule has 0 spiro atoms. The number of ether oxygens (including phenoxy) is 1. The fourth-order valence-electron chi connectivity index (χ4n) is 1.04. The van der Waals surface area contributed by atoms with Crippen molar-refractivity contribution in [3.8, 4) is 0 Å². The molecule has 5 nitrogen and oxygen atoms in total. The highest BCUT2D eigenvalue weighted by Gasteiger charge is 2.20. The molecule has 7 heteroatoms. The fourth-order valence-corrected chi connectivity index (χ4v) is 3.32. The summed E-state index contributed by atoms with van der Waals surface area (Å²) in [7, 11) is 1.59. The molecule has 0 aliphatic rings. The highest BCUT2D eigenvalue weighted by molar-refractivity contribution is 8.01. The van der Waals surface area contributed by atoms with E-state index in [1.807, 2.05) is 0 Å². The Balaban J connectivity index is 2.83. The molecular weight excluding hydrogens is 250 g/mol. The van der Waals surface area contributed by atoms with Crippen LogP contribution in [0.3, 0.4) is 0 Å². The molecule has 0 amide bonds. The van der Waals surface area contributed by atoms with Crippen molar-refractivity contribution >= 4 is 28.8 Å². The van der Waals surface area contributed by atoms with Crippen molar-refractivity contribution in [2.75, 3.05) is 19.5 Å². The topological polar surface area (TPSA) is 72.6 Å². The lowest BCUT2D eigenvalue weighted by Crippen LogP contribution is -1.92. The van der Waals surface area contributed by atoms with Crippen molar-refractivity contribution < 1.29 is 14.8 Å². The molecule has 16 heavy (non-hydrogen) atoms. The van der Waals surface area contributed by atoms with Crippen LogP contribution in [0.5, 0.6) is 0 Å². The standard InChI is InChI=1S/C9H13NO4S2/c1-6(11)8-5-7(10(12)13)9(16-8)15-4-3-14-2/h5-6,11H,3-4H2,1-2H3/t6-/m1/s1. The molecule has 1 aromatic heterocycles. The van der Waals surface area contributed by atoms with Gasteiger partial charge in [-0.15, -0.1) is 23.1 Å². The van der Waals surface area contributed by atoms with E-state index in [4.69, 9.17) is 4.74 Å². The Morgan fingerprint density at radius 3 is 2.94 bits per heavy atom. The summed E-state index contributed by atoms with van der Waals surface area (Å²) < 4.78 is 5.51. The molecule has 0 unspecified atom stereocenters. The largest absolute Gasteiger partial charge is 0.388 e. The Morgan fingerprint density at radius 2 is 2.44 bits per heavy atom. The summed E-state index contributed by atoms with van der Waals surface area (Å²) >= 11 is 2.64. The highest BCUT2D eigenvalue weighted by Crippen LogP contribution is 2.39. The molecule has 1 aromatic rings. The third-order valence-electron chi connectivity index (χ3n) is 1.83. The van der Waals surface area contributed by atoms with Crippen LogP contribution in [-0.4, -0.2) is 29.5 Å². The van der Waals surface area contributed by atoms with Crippen LogP contribution >= 0.6 is 23.1 Å². The smallest absolute Gasteiger partial charge is 0.294 e. The normalized spacial score (nSPS) is 12.7. The van der Waals surface area contributed by atoms with Gasteiger partial charge in [0.05, 0.1) is 17.6 Å². The average Bonchev–Trinajstić information content (AvgIpc) is 2.62. The Kier molecular flexibility index (Phi) is 5.20. The van der Waals surface area contributed by atoms with Gasteiger partial charge in [-0.3, -0.25) is 10.1 Å². The first-order chi connectivity index (χ1) is 7.56. The van der Waals surface area contributed by atoms with Crippen molar-refractivity contribution in [3.05, 3.63) is 21.1 Å². The number of thioether (sulfide) groups is 1. The number of rotatable bonds is 6. The monoisotopic (exact) mass is 263 g/mol. The molecule has 0 saturated heterocycles. The van der Waals surface area contributed by atoms with E-state index >= 15 is 0 Å². The first-order valence-corrected chi connectivity index (χ1v) is 6.44. The van der Waals surface area contributed by atoms with Crippen LogP contribution in [0.1, 0.15) is 17.9 Å². The number of methoxy groups -OCH3 is 1. The van der Waals surface area contributed by atoms with E-state index in [0.29, 0.717) is 21.4 Å². The number of aliphatic hydroxyl groups excluding tert-OH is 1. The molecule has 0 aliphatic heterocycles. The van der Waals surface area contributed by atoms with Crippen LogP contribution in [-0.2, 0) is 4.74 Å². The van der Waals surface area contributed by atoms with Gasteiger partial charge >= 0.3 is 0 Å². The second kappa shape index (κ2) is 6.19. The van der Waals surface area contributed by atoms with E-state index < -0.39 is 11.0 Å². The maximum Gasteiger partial charge on any atom is 0.294 e. The van der Waals surface area contributed by atoms with Crippen molar-refractivity contribution in [1.82, 2.24) is 0 Å². The first kappa shape index (κ1) is 13.4. The van der Waals surface area contributed by atoms with Crippen LogP contribution in [0.4, 0.5) is 5.69 Å². The first-order valence-electron chi connectivity index (χ1n) is 4.64. The maximum absolute atomic E-state index is 10.8. The van der Waals surface area contributed by atoms with Crippen molar-refractivity contribution in [2.24, 2.45) is 0 Å². The Bertz CT molecular complexity index is 364. The third kappa shape index (κ3) is 3.44. The van der Waals surface area contributed by atoms with Crippen molar-refractivity contribution in [1.29, 1.82) is 0 Å². The molecule has 1 rings (SSSR count). The molecule has 0 saturated carbocycles. The Morgan fingerprint density at radius 1 is 1.75 bits per heavy atom. The van der Waals surface area contributed by atoms with Crippen LogP contribution in [0.25, 0.3) is 0 Å². The van der Waals surface area contributed by atoms with Crippen molar-refractivity contribution in [2.45, 2.75) is 17.2 Å². The van der Waals surface area contributed by atoms with Gasteiger partial charge in [0.25, 0.3) is 5.69 Å². The summed E-state index contributed by atoms with van der Waals surface area (Å²) in [6, 6.07) is 1.43. The number of nitrogens with zero attached hydrogens (tertiary/aromatic N) is 1. The number of thiophene rings is 1. The molecular formula is C9H13NO4S2. The average molecular weight is 263 g/mol. The van der Waals surface area contributed by atoms with Crippen LogP contribution in [0.2, 0.25) is 0 Å². The van der Waals surface area contributed by atoms with Gasteiger partial charge in [-0.2, -0.15) is 0 Å². The lowest BCUT2D eigenvalue weighted by molar-refractivity contribution is -0.387. The zero-order valence-electron chi connectivity index (χ0n) is 9.00. The van der Waals surface area contributed by atoms with E-state index in [1.165, 1.54) is 29.2 Å². The fraction of sp³-hybridized carbons (Fsp3) is 0.556. The zero-order valence-corrected chi connectivity index (χ0v) is 10.6. The summed E-state index contributed by atoms with van der Waals surface area (Å²) in [6.45, 7) is 2.14. The van der Waals surface area contributed by atoms with Crippen LogP contribution in [0, 0.1) is 10.1 Å². The summed E-state index contributed by atoms with van der Waals surface area (Å²) in [6.07, 6.45) is -0.666. The van der Waals surface area contributed by atoms with E-state index in [0.717, 1.165) is 0 Å². The minimum absolute atomic E-state index is 0.0713.